The Hall–Kier alpha value is -2.00. The Bertz CT molecular complexity index is 1130. The van der Waals surface area contributed by atoms with E-state index in [-0.39, 0.29) is 41.5 Å². The molecule has 8 heteroatoms. The number of nitrogens with one attached hydrogen (secondary N) is 1. The van der Waals surface area contributed by atoms with Crippen LogP contribution in [-0.2, 0) is 32.1 Å². The zero-order valence-electron chi connectivity index (χ0n) is 23.2. The maximum atomic E-state index is 13.5. The molecule has 1 aliphatic heterocycles. The quantitative estimate of drug-likeness (QED) is 0.299. The molecule has 7 nitrogen and oxygen atoms in total. The predicted octanol–water partition coefficient (Wildman–Crippen LogP) is 2.90. The number of hydrogen-bond donors (Lipinski definition) is 3. The summed E-state index contributed by atoms with van der Waals surface area (Å²) in [5.74, 6) is -0.205. The summed E-state index contributed by atoms with van der Waals surface area (Å²) in [4.78, 5) is 26.7. The lowest BCUT2D eigenvalue weighted by atomic mass is 9.44. The van der Waals surface area contributed by atoms with E-state index in [9.17, 15) is 19.7 Å². The molecule has 0 amide bonds. The molecule has 3 N–H and O–H groups in total. The van der Waals surface area contributed by atoms with Gasteiger partial charge < -0.3 is 24.8 Å². The van der Waals surface area contributed by atoms with Crippen molar-refractivity contribution < 1.29 is 29.1 Å². The maximum absolute atomic E-state index is 13.5. The zero-order valence-corrected chi connectivity index (χ0v) is 23.2. The van der Waals surface area contributed by atoms with Crippen LogP contribution in [0.4, 0.5) is 0 Å². The fraction of sp³-hybridized carbons (Fsp3) is 0.667. The fourth-order valence-corrected chi connectivity index (χ4v) is 8.38. The fourth-order valence-electron chi connectivity index (χ4n) is 8.38. The lowest BCUT2D eigenvalue weighted by Gasteiger charge is -2.61. The van der Waals surface area contributed by atoms with E-state index < -0.39 is 30.2 Å². The third-order valence-corrected chi connectivity index (χ3v) is 11.0. The standard InChI is InChI=1S/C30H42BNO6/c1-6-28(4)14-24(38-25(34)16-32-15-20-7-8-21-17-37-31(36)22(21)13-20)29(5)18(2)9-11-30(19(3)27(28)35)12-10-23(33)26(29)30/h6-8,13,18-19,24,26-27,32,35-36H,1,9-12,14-17H2,2-5H3/t18-,19+,24-,26+,27+,28-,29+,30+/m1/s1. The molecule has 3 fully saturated rings. The van der Waals surface area contributed by atoms with E-state index >= 15 is 0 Å². The van der Waals surface area contributed by atoms with Gasteiger partial charge in [0.2, 0.25) is 0 Å². The summed E-state index contributed by atoms with van der Waals surface area (Å²) in [6, 6.07) is 5.80. The Morgan fingerprint density at radius 3 is 2.82 bits per heavy atom. The number of aliphatic hydroxyl groups is 1. The first-order chi connectivity index (χ1) is 18.0. The van der Waals surface area contributed by atoms with E-state index in [4.69, 9.17) is 9.39 Å². The Morgan fingerprint density at radius 1 is 1.32 bits per heavy atom. The summed E-state index contributed by atoms with van der Waals surface area (Å²) in [6.07, 6.45) is 4.22. The van der Waals surface area contributed by atoms with Crippen molar-refractivity contribution >= 4 is 24.3 Å². The maximum Gasteiger partial charge on any atom is 0.491 e. The number of aliphatic hydroxyl groups excluding tert-OH is 1. The molecule has 0 saturated heterocycles. The molecule has 8 atom stereocenters. The van der Waals surface area contributed by atoms with Gasteiger partial charge in [0.05, 0.1) is 19.3 Å². The Balaban J connectivity index is 1.37. The summed E-state index contributed by atoms with van der Waals surface area (Å²) in [5, 5.41) is 24.8. The number of carbonyl (C=O) groups is 2. The molecule has 1 heterocycles. The van der Waals surface area contributed by atoms with Crippen LogP contribution in [0.3, 0.4) is 0 Å². The van der Waals surface area contributed by atoms with Crippen molar-refractivity contribution in [2.45, 2.75) is 85.2 Å². The normalized spacial score (nSPS) is 40.2. The number of hydrogen-bond acceptors (Lipinski definition) is 7. The van der Waals surface area contributed by atoms with Crippen LogP contribution in [0.25, 0.3) is 0 Å². The highest BCUT2D eigenvalue weighted by Crippen LogP contribution is 2.67. The molecule has 4 aliphatic rings. The minimum absolute atomic E-state index is 0.0185. The number of benzene rings is 1. The number of carbonyl (C=O) groups excluding carboxylic acids is 2. The second-order valence-corrected chi connectivity index (χ2v) is 12.9. The van der Waals surface area contributed by atoms with Crippen molar-refractivity contribution in [1.82, 2.24) is 5.32 Å². The van der Waals surface area contributed by atoms with E-state index in [0.717, 1.165) is 35.9 Å². The van der Waals surface area contributed by atoms with Crippen LogP contribution >= 0.6 is 0 Å². The summed E-state index contributed by atoms with van der Waals surface area (Å²) in [7, 11) is -0.907. The minimum atomic E-state index is -0.907. The van der Waals surface area contributed by atoms with Crippen LogP contribution in [0.2, 0.25) is 0 Å². The molecule has 1 aromatic carbocycles. The SMILES string of the molecule is C=C[C@]1(C)C[C@@H](OC(=O)CNCc2ccc3c(c2)B(O)OC3)[C@]2(C)[C@H](C)CC[C@]3(CCC(=O)[C@H]32)[C@@H](C)[C@@H]1O. The molecule has 1 aromatic rings. The Morgan fingerprint density at radius 2 is 2.08 bits per heavy atom. The van der Waals surface area contributed by atoms with Crippen molar-refractivity contribution in [2.75, 3.05) is 6.54 Å². The number of ketones is 1. The first-order valence-electron chi connectivity index (χ1n) is 14.1. The van der Waals surface area contributed by atoms with Gasteiger partial charge in [0, 0.05) is 29.7 Å². The molecular formula is C30H42BNO6. The van der Waals surface area contributed by atoms with E-state index in [0.29, 0.717) is 26.0 Å². The van der Waals surface area contributed by atoms with Gasteiger partial charge in [-0.2, -0.15) is 0 Å². The highest BCUT2D eigenvalue weighted by molar-refractivity contribution is 6.61. The van der Waals surface area contributed by atoms with Crippen LogP contribution < -0.4 is 10.8 Å². The van der Waals surface area contributed by atoms with Gasteiger partial charge in [0.15, 0.2) is 0 Å². The molecule has 38 heavy (non-hydrogen) atoms. The van der Waals surface area contributed by atoms with Gasteiger partial charge in [-0.05, 0) is 59.5 Å². The average molecular weight is 523 g/mol. The summed E-state index contributed by atoms with van der Waals surface area (Å²) in [5.41, 5.74) is 1.23. The molecule has 0 aromatic heterocycles. The van der Waals surface area contributed by atoms with Crippen molar-refractivity contribution in [3.8, 4) is 0 Å². The van der Waals surface area contributed by atoms with Crippen molar-refractivity contribution in [3.05, 3.63) is 42.0 Å². The van der Waals surface area contributed by atoms with Crippen LogP contribution in [0, 0.1) is 34.0 Å². The van der Waals surface area contributed by atoms with Crippen LogP contribution in [0.15, 0.2) is 30.9 Å². The second kappa shape index (κ2) is 9.88. The second-order valence-electron chi connectivity index (χ2n) is 12.9. The molecule has 206 valence electrons. The topological polar surface area (TPSA) is 105 Å². The first kappa shape index (κ1) is 27.6. The number of fused-ring (bicyclic) bond motifs is 1. The average Bonchev–Trinajstić information content (AvgIpc) is 3.45. The highest BCUT2D eigenvalue weighted by Gasteiger charge is 2.68. The van der Waals surface area contributed by atoms with Gasteiger partial charge in [-0.3, -0.25) is 9.59 Å². The molecule has 3 aliphatic carbocycles. The van der Waals surface area contributed by atoms with E-state index in [1.165, 1.54) is 0 Å². The van der Waals surface area contributed by atoms with Crippen LogP contribution in [0.1, 0.15) is 70.9 Å². The van der Waals surface area contributed by atoms with E-state index in [1.807, 2.05) is 31.2 Å². The third kappa shape index (κ3) is 4.19. The summed E-state index contributed by atoms with van der Waals surface area (Å²) in [6.45, 7) is 13.4. The minimum Gasteiger partial charge on any atom is -0.461 e. The summed E-state index contributed by atoms with van der Waals surface area (Å²) >= 11 is 0. The molecular weight excluding hydrogens is 481 g/mol. The third-order valence-electron chi connectivity index (χ3n) is 11.0. The molecule has 3 saturated carbocycles. The monoisotopic (exact) mass is 523 g/mol. The number of rotatable bonds is 6. The molecule has 0 unspecified atom stereocenters. The number of ether oxygens (including phenoxy) is 1. The number of Topliss-reactive ketones (excluding diaryl/α,β-unsaturated/α-hetero) is 1. The van der Waals surface area contributed by atoms with Gasteiger partial charge in [0.25, 0.3) is 0 Å². The van der Waals surface area contributed by atoms with Gasteiger partial charge >= 0.3 is 13.1 Å². The zero-order chi connectivity index (χ0) is 27.5. The molecule has 5 rings (SSSR count). The molecule has 0 spiro atoms. The van der Waals surface area contributed by atoms with E-state index in [1.54, 1.807) is 0 Å². The van der Waals surface area contributed by atoms with Gasteiger partial charge in [-0.15, -0.1) is 6.58 Å². The number of esters is 1. The van der Waals surface area contributed by atoms with Crippen molar-refractivity contribution in [2.24, 2.45) is 34.0 Å². The lowest BCUT2D eigenvalue weighted by Crippen LogP contribution is -2.63. The van der Waals surface area contributed by atoms with Crippen LogP contribution in [0.5, 0.6) is 0 Å². The molecule has 2 bridgehead atoms. The Kier molecular flexibility index (Phi) is 7.17. The largest absolute Gasteiger partial charge is 0.491 e. The van der Waals surface area contributed by atoms with Crippen molar-refractivity contribution in [1.29, 1.82) is 0 Å². The van der Waals surface area contributed by atoms with Gasteiger partial charge in [0.1, 0.15) is 11.9 Å². The lowest BCUT2D eigenvalue weighted by molar-refractivity contribution is -0.206. The Labute approximate surface area is 226 Å². The molecule has 0 radical (unpaired) electrons. The first-order valence-corrected chi connectivity index (χ1v) is 14.1. The van der Waals surface area contributed by atoms with Crippen LogP contribution in [-0.4, -0.2) is 47.8 Å². The predicted molar refractivity (Wildman–Crippen MR) is 145 cm³/mol. The van der Waals surface area contributed by atoms with Crippen molar-refractivity contribution in [3.63, 3.8) is 0 Å². The van der Waals surface area contributed by atoms with E-state index in [2.05, 4.69) is 32.7 Å². The summed E-state index contributed by atoms with van der Waals surface area (Å²) < 4.78 is 11.5. The van der Waals surface area contributed by atoms with Gasteiger partial charge in [-0.25, -0.2) is 0 Å². The smallest absolute Gasteiger partial charge is 0.461 e. The van der Waals surface area contributed by atoms with Gasteiger partial charge in [-0.1, -0.05) is 52.0 Å². The highest BCUT2D eigenvalue weighted by atomic mass is 16.5.